The van der Waals surface area contributed by atoms with Gasteiger partial charge in [-0.15, -0.1) is 0 Å². The molecular weight excluding hydrogens is 248 g/mol. The van der Waals surface area contributed by atoms with Crippen molar-refractivity contribution in [1.29, 1.82) is 0 Å². The van der Waals surface area contributed by atoms with Gasteiger partial charge >= 0.3 is 0 Å². The van der Waals surface area contributed by atoms with Crippen LogP contribution in [0, 0.1) is 5.41 Å². The molecule has 0 saturated carbocycles. The Morgan fingerprint density at radius 2 is 2.00 bits per heavy atom. The van der Waals surface area contributed by atoms with Gasteiger partial charge in [-0.1, -0.05) is 40.7 Å². The summed E-state index contributed by atoms with van der Waals surface area (Å²) in [6.45, 7) is 13.5. The summed E-state index contributed by atoms with van der Waals surface area (Å²) in [7, 11) is 0. The fourth-order valence-corrected chi connectivity index (χ4v) is 2.03. The van der Waals surface area contributed by atoms with Gasteiger partial charge in [0.1, 0.15) is 17.3 Å². The van der Waals surface area contributed by atoms with Crippen molar-refractivity contribution in [2.45, 2.75) is 40.5 Å². The van der Waals surface area contributed by atoms with Gasteiger partial charge in [-0.25, -0.2) is 0 Å². The molecule has 2 rings (SSSR count). The van der Waals surface area contributed by atoms with E-state index in [2.05, 4.69) is 34.3 Å². The first-order valence-electron chi connectivity index (χ1n) is 7.28. The van der Waals surface area contributed by atoms with Gasteiger partial charge in [-0.2, -0.15) is 0 Å². The van der Waals surface area contributed by atoms with E-state index >= 15 is 0 Å². The van der Waals surface area contributed by atoms with E-state index in [1.165, 1.54) is 0 Å². The second-order valence-electron chi connectivity index (χ2n) is 6.25. The van der Waals surface area contributed by atoms with Crippen LogP contribution in [0.2, 0.25) is 0 Å². The van der Waals surface area contributed by atoms with Gasteiger partial charge in [0.25, 0.3) is 0 Å². The molecule has 0 N–H and O–H groups in total. The summed E-state index contributed by atoms with van der Waals surface area (Å²) >= 11 is 0. The van der Waals surface area contributed by atoms with Gasteiger partial charge in [0.05, 0.1) is 6.61 Å². The predicted molar refractivity (Wildman–Crippen MR) is 84.0 cm³/mol. The van der Waals surface area contributed by atoms with Crippen LogP contribution in [0.5, 0.6) is 11.5 Å². The van der Waals surface area contributed by atoms with Crippen LogP contribution >= 0.6 is 0 Å². The molecule has 0 unspecified atom stereocenters. The standard InChI is InChI=1S/C18H24O2/c1-6-7-10-19-14-8-9-16-15(12-14)13(2)11-17(20-16)18(3,4)5/h8-9,11-12H,2,6-7,10H2,1,3-5H3. The highest BCUT2D eigenvalue weighted by atomic mass is 16.5. The van der Waals surface area contributed by atoms with E-state index < -0.39 is 0 Å². The van der Waals surface area contributed by atoms with E-state index in [-0.39, 0.29) is 5.41 Å². The minimum atomic E-state index is -0.0169. The maximum Gasteiger partial charge on any atom is 0.135 e. The van der Waals surface area contributed by atoms with Crippen LogP contribution in [0.1, 0.15) is 46.1 Å². The lowest BCUT2D eigenvalue weighted by Crippen LogP contribution is -2.18. The first-order chi connectivity index (χ1) is 9.41. The van der Waals surface area contributed by atoms with Crippen LogP contribution in [-0.4, -0.2) is 6.61 Å². The zero-order chi connectivity index (χ0) is 14.8. The van der Waals surface area contributed by atoms with Crippen LogP contribution in [-0.2, 0) is 0 Å². The van der Waals surface area contributed by atoms with Crippen molar-refractivity contribution in [2.24, 2.45) is 5.41 Å². The van der Waals surface area contributed by atoms with Crippen molar-refractivity contribution in [3.8, 4) is 11.5 Å². The van der Waals surface area contributed by atoms with Crippen molar-refractivity contribution in [1.82, 2.24) is 0 Å². The topological polar surface area (TPSA) is 18.5 Å². The largest absolute Gasteiger partial charge is 0.494 e. The Hall–Kier alpha value is -1.70. The molecule has 1 aliphatic rings. The maximum atomic E-state index is 5.99. The van der Waals surface area contributed by atoms with Gasteiger partial charge in [-0.3, -0.25) is 0 Å². The quantitative estimate of drug-likeness (QED) is 0.701. The van der Waals surface area contributed by atoms with Crippen molar-refractivity contribution >= 4 is 5.57 Å². The molecule has 2 nitrogen and oxygen atoms in total. The zero-order valence-corrected chi connectivity index (χ0v) is 13.0. The maximum absolute atomic E-state index is 5.99. The summed E-state index contributed by atoms with van der Waals surface area (Å²) < 4.78 is 11.7. The zero-order valence-electron chi connectivity index (χ0n) is 13.0. The van der Waals surface area contributed by atoms with E-state index in [9.17, 15) is 0 Å². The Morgan fingerprint density at radius 3 is 2.65 bits per heavy atom. The first kappa shape index (κ1) is 14.7. The molecule has 108 valence electrons. The third-order valence-corrected chi connectivity index (χ3v) is 3.33. The number of fused-ring (bicyclic) bond motifs is 1. The smallest absolute Gasteiger partial charge is 0.135 e. The molecule has 2 heteroatoms. The molecule has 20 heavy (non-hydrogen) atoms. The van der Waals surface area contributed by atoms with E-state index in [0.717, 1.165) is 47.8 Å². The Balaban J connectivity index is 2.20. The molecule has 0 aromatic heterocycles. The molecule has 1 aliphatic heterocycles. The number of allylic oxidation sites excluding steroid dienone is 3. The minimum Gasteiger partial charge on any atom is -0.494 e. The molecule has 0 bridgehead atoms. The normalized spacial score (nSPS) is 14.4. The van der Waals surface area contributed by atoms with Crippen LogP contribution in [0.15, 0.2) is 36.6 Å². The fourth-order valence-electron chi connectivity index (χ4n) is 2.03. The Morgan fingerprint density at radius 1 is 1.25 bits per heavy atom. The summed E-state index contributed by atoms with van der Waals surface area (Å²) in [5, 5.41) is 0. The van der Waals surface area contributed by atoms with E-state index in [0.29, 0.717) is 0 Å². The number of unbranched alkanes of at least 4 members (excludes halogenated alkanes) is 1. The summed E-state index contributed by atoms with van der Waals surface area (Å²) in [6.07, 6.45) is 4.24. The fraction of sp³-hybridized carbons (Fsp3) is 0.444. The van der Waals surface area contributed by atoms with Crippen molar-refractivity contribution in [2.75, 3.05) is 6.61 Å². The highest BCUT2D eigenvalue weighted by Crippen LogP contribution is 2.40. The molecule has 0 atom stereocenters. The lowest BCUT2D eigenvalue weighted by atomic mass is 9.90. The Bertz CT molecular complexity index is 533. The highest BCUT2D eigenvalue weighted by molar-refractivity contribution is 5.79. The Labute approximate surface area is 122 Å². The molecule has 0 fully saturated rings. The van der Waals surface area contributed by atoms with Crippen LogP contribution in [0.25, 0.3) is 5.57 Å². The van der Waals surface area contributed by atoms with Gasteiger partial charge in [0.15, 0.2) is 0 Å². The second-order valence-corrected chi connectivity index (χ2v) is 6.25. The van der Waals surface area contributed by atoms with E-state index in [1.54, 1.807) is 0 Å². The van der Waals surface area contributed by atoms with Gasteiger partial charge < -0.3 is 9.47 Å². The predicted octanol–water partition coefficient (Wildman–Crippen LogP) is 5.20. The summed E-state index contributed by atoms with van der Waals surface area (Å²) in [4.78, 5) is 0. The van der Waals surface area contributed by atoms with Crippen molar-refractivity contribution in [3.05, 3.63) is 42.2 Å². The molecule has 0 radical (unpaired) electrons. The van der Waals surface area contributed by atoms with Crippen molar-refractivity contribution in [3.63, 3.8) is 0 Å². The van der Waals surface area contributed by atoms with Crippen LogP contribution in [0.3, 0.4) is 0 Å². The molecule has 1 aromatic carbocycles. The summed E-state index contributed by atoms with van der Waals surface area (Å²) in [5.74, 6) is 2.70. The number of ether oxygens (including phenoxy) is 2. The number of hydrogen-bond donors (Lipinski definition) is 0. The lowest BCUT2D eigenvalue weighted by Gasteiger charge is -2.28. The third kappa shape index (κ3) is 3.24. The molecule has 0 saturated heterocycles. The lowest BCUT2D eigenvalue weighted by molar-refractivity contribution is 0.288. The van der Waals surface area contributed by atoms with Gasteiger partial charge in [-0.05, 0) is 36.3 Å². The molecular formula is C18H24O2. The van der Waals surface area contributed by atoms with Crippen LogP contribution in [0.4, 0.5) is 0 Å². The van der Waals surface area contributed by atoms with Crippen LogP contribution < -0.4 is 9.47 Å². The van der Waals surface area contributed by atoms with Crippen molar-refractivity contribution < 1.29 is 9.47 Å². The highest BCUT2D eigenvalue weighted by Gasteiger charge is 2.25. The molecule has 0 amide bonds. The van der Waals surface area contributed by atoms with Gasteiger partial charge in [0, 0.05) is 11.0 Å². The second kappa shape index (κ2) is 5.74. The molecule has 0 spiro atoms. The summed E-state index contributed by atoms with van der Waals surface area (Å²) in [5.41, 5.74) is 1.99. The molecule has 1 aromatic rings. The number of hydrogen-bond acceptors (Lipinski definition) is 2. The van der Waals surface area contributed by atoms with E-state index in [4.69, 9.17) is 9.47 Å². The summed E-state index contributed by atoms with van der Waals surface area (Å²) in [6, 6.07) is 5.96. The number of rotatable bonds is 4. The average Bonchev–Trinajstić information content (AvgIpc) is 2.38. The Kier molecular flexibility index (Phi) is 4.22. The monoisotopic (exact) mass is 272 g/mol. The molecule has 1 heterocycles. The number of benzene rings is 1. The SMILES string of the molecule is C=C1C=C(C(C)(C)C)Oc2ccc(OCCCC)cc21. The minimum absolute atomic E-state index is 0.0169. The van der Waals surface area contributed by atoms with E-state index in [1.807, 2.05) is 24.3 Å². The third-order valence-electron chi connectivity index (χ3n) is 3.33. The van der Waals surface area contributed by atoms with Gasteiger partial charge in [0.2, 0.25) is 0 Å². The first-order valence-corrected chi connectivity index (χ1v) is 7.28. The molecule has 0 aliphatic carbocycles. The average molecular weight is 272 g/mol.